The van der Waals surface area contributed by atoms with Gasteiger partial charge in [-0.05, 0) is 55.2 Å². The third-order valence-electron chi connectivity index (χ3n) is 5.97. The third kappa shape index (κ3) is 3.32. The van der Waals surface area contributed by atoms with Crippen LogP contribution in [0.2, 0.25) is 0 Å². The molecule has 1 amide bonds. The molecule has 6 nitrogen and oxygen atoms in total. The molecule has 1 aromatic heterocycles. The number of nitrogens with zero attached hydrogens (tertiary/aromatic N) is 3. The first-order chi connectivity index (χ1) is 14.9. The van der Waals surface area contributed by atoms with Gasteiger partial charge in [0.15, 0.2) is 0 Å². The van der Waals surface area contributed by atoms with Gasteiger partial charge in [0.25, 0.3) is 6.43 Å². The number of aromatic nitrogens is 2. The second-order valence-corrected chi connectivity index (χ2v) is 8.08. The van der Waals surface area contributed by atoms with Crippen molar-refractivity contribution < 1.29 is 13.6 Å². The number of nitrogens with one attached hydrogen (secondary N) is 2. The van der Waals surface area contributed by atoms with E-state index in [1.807, 2.05) is 24.3 Å². The molecule has 2 aliphatic heterocycles. The average Bonchev–Trinajstić information content (AvgIpc) is 3.19. The summed E-state index contributed by atoms with van der Waals surface area (Å²) in [6.07, 6.45) is 2.49. The molecule has 160 valence electrons. The number of alkyl halides is 2. The van der Waals surface area contributed by atoms with Crippen LogP contribution in [0.1, 0.15) is 30.9 Å². The van der Waals surface area contributed by atoms with Crippen molar-refractivity contribution in [2.45, 2.75) is 32.2 Å². The zero-order valence-corrected chi connectivity index (χ0v) is 17.3. The first-order valence-corrected chi connectivity index (χ1v) is 10.3. The van der Waals surface area contributed by atoms with E-state index in [2.05, 4.69) is 20.6 Å². The van der Waals surface area contributed by atoms with Crippen molar-refractivity contribution in [1.82, 2.24) is 9.78 Å². The number of benzene rings is 2. The zero-order valence-electron chi connectivity index (χ0n) is 17.3. The SMILES string of the molecule is C[C@@H]1Nc2c(cccc2N2CCCc3cc(-c4cnn(C)c4)c(C(F)F)cc32)NC1=O. The lowest BCUT2D eigenvalue weighted by atomic mass is 9.92. The van der Waals surface area contributed by atoms with Crippen LogP contribution in [0.3, 0.4) is 0 Å². The number of anilines is 4. The van der Waals surface area contributed by atoms with Gasteiger partial charge in [-0.3, -0.25) is 9.48 Å². The molecule has 31 heavy (non-hydrogen) atoms. The van der Waals surface area contributed by atoms with Crippen LogP contribution in [-0.4, -0.2) is 28.3 Å². The van der Waals surface area contributed by atoms with Gasteiger partial charge in [0.2, 0.25) is 5.91 Å². The lowest BCUT2D eigenvalue weighted by molar-refractivity contribution is -0.116. The summed E-state index contributed by atoms with van der Waals surface area (Å²) in [4.78, 5) is 14.1. The Morgan fingerprint density at radius 1 is 1.23 bits per heavy atom. The van der Waals surface area contributed by atoms with E-state index in [-0.39, 0.29) is 17.5 Å². The fraction of sp³-hybridized carbons (Fsp3) is 0.304. The van der Waals surface area contributed by atoms with E-state index in [0.717, 1.165) is 35.5 Å². The van der Waals surface area contributed by atoms with Gasteiger partial charge in [0.1, 0.15) is 6.04 Å². The van der Waals surface area contributed by atoms with E-state index >= 15 is 0 Å². The Bertz CT molecular complexity index is 1170. The maximum absolute atomic E-state index is 14.1. The largest absolute Gasteiger partial charge is 0.370 e. The predicted octanol–water partition coefficient (Wildman–Crippen LogP) is 4.86. The van der Waals surface area contributed by atoms with E-state index in [4.69, 9.17) is 0 Å². The molecule has 3 heterocycles. The first kappa shape index (κ1) is 19.5. The van der Waals surface area contributed by atoms with Crippen molar-refractivity contribution in [3.8, 4) is 11.1 Å². The highest BCUT2D eigenvalue weighted by atomic mass is 19.3. The van der Waals surface area contributed by atoms with Crippen LogP contribution in [0.4, 0.5) is 31.5 Å². The van der Waals surface area contributed by atoms with Crippen molar-refractivity contribution in [3.63, 3.8) is 0 Å². The molecule has 0 unspecified atom stereocenters. The predicted molar refractivity (Wildman–Crippen MR) is 117 cm³/mol. The van der Waals surface area contributed by atoms with Gasteiger partial charge in [-0.15, -0.1) is 0 Å². The van der Waals surface area contributed by atoms with Gasteiger partial charge in [-0.2, -0.15) is 5.10 Å². The smallest absolute Gasteiger partial charge is 0.264 e. The van der Waals surface area contributed by atoms with Crippen molar-refractivity contribution in [1.29, 1.82) is 0 Å². The summed E-state index contributed by atoms with van der Waals surface area (Å²) in [5.74, 6) is -0.0928. The number of amides is 1. The van der Waals surface area contributed by atoms with Gasteiger partial charge >= 0.3 is 0 Å². The van der Waals surface area contributed by atoms with Gasteiger partial charge in [0, 0.05) is 36.6 Å². The van der Waals surface area contributed by atoms with Crippen LogP contribution in [0, 0.1) is 0 Å². The lowest BCUT2D eigenvalue weighted by Gasteiger charge is -2.36. The van der Waals surface area contributed by atoms with Crippen LogP contribution in [0.15, 0.2) is 42.7 Å². The third-order valence-corrected chi connectivity index (χ3v) is 5.97. The van der Waals surface area contributed by atoms with Crippen LogP contribution in [0.25, 0.3) is 11.1 Å². The van der Waals surface area contributed by atoms with Gasteiger partial charge in [-0.25, -0.2) is 8.78 Å². The first-order valence-electron chi connectivity index (χ1n) is 10.3. The van der Waals surface area contributed by atoms with E-state index in [0.29, 0.717) is 23.4 Å². The Kier molecular flexibility index (Phi) is 4.64. The minimum atomic E-state index is -2.61. The van der Waals surface area contributed by atoms with Gasteiger partial charge in [-0.1, -0.05) is 6.07 Å². The summed E-state index contributed by atoms with van der Waals surface area (Å²) >= 11 is 0. The number of carbonyl (C=O) groups is 1. The molecular weight excluding hydrogens is 400 g/mol. The second-order valence-electron chi connectivity index (χ2n) is 8.08. The van der Waals surface area contributed by atoms with Crippen molar-refractivity contribution in [2.75, 3.05) is 22.1 Å². The number of halogens is 2. The van der Waals surface area contributed by atoms with E-state index < -0.39 is 6.43 Å². The highest BCUT2D eigenvalue weighted by Gasteiger charge is 2.29. The second kappa shape index (κ2) is 7.37. The topological polar surface area (TPSA) is 62.2 Å². The molecule has 0 aliphatic carbocycles. The number of hydrogen-bond acceptors (Lipinski definition) is 4. The van der Waals surface area contributed by atoms with Crippen molar-refractivity contribution >= 4 is 28.7 Å². The van der Waals surface area contributed by atoms with Crippen molar-refractivity contribution in [3.05, 3.63) is 53.9 Å². The molecule has 8 heteroatoms. The molecule has 0 fully saturated rings. The molecule has 0 saturated carbocycles. The Hall–Kier alpha value is -3.42. The molecule has 2 N–H and O–H groups in total. The van der Waals surface area contributed by atoms with Crippen LogP contribution in [0.5, 0.6) is 0 Å². The van der Waals surface area contributed by atoms with Gasteiger partial charge < -0.3 is 15.5 Å². The fourth-order valence-electron chi connectivity index (χ4n) is 4.43. The van der Waals surface area contributed by atoms with Gasteiger partial charge in [0.05, 0.1) is 23.3 Å². The Morgan fingerprint density at radius 2 is 2.06 bits per heavy atom. The molecule has 0 radical (unpaired) electrons. The summed E-state index contributed by atoms with van der Waals surface area (Å²) in [6, 6.07) is 8.80. The molecule has 0 bridgehead atoms. The Morgan fingerprint density at radius 3 is 2.81 bits per heavy atom. The highest BCUT2D eigenvalue weighted by Crippen LogP contribution is 2.45. The molecule has 0 saturated heterocycles. The maximum Gasteiger partial charge on any atom is 0.264 e. The molecule has 2 aliphatic rings. The van der Waals surface area contributed by atoms with Crippen LogP contribution < -0.4 is 15.5 Å². The van der Waals surface area contributed by atoms with Crippen LogP contribution >= 0.6 is 0 Å². The number of fused-ring (bicyclic) bond motifs is 2. The minimum Gasteiger partial charge on any atom is -0.370 e. The number of rotatable bonds is 3. The standard InChI is InChI=1S/C23H23F2N5O/c1-13-23(31)28-18-6-3-7-19(21(18)27-13)30-8-4-5-14-9-16(15-11-26-29(2)12-15)17(22(24)25)10-20(14)30/h3,6-7,9-13,22,27H,4-5,8H2,1-2H3,(H,28,31)/t13-/m0/s1. The summed E-state index contributed by atoms with van der Waals surface area (Å²) in [6.45, 7) is 2.51. The zero-order chi connectivity index (χ0) is 21.7. The highest BCUT2D eigenvalue weighted by molar-refractivity contribution is 6.06. The Balaban J connectivity index is 1.64. The Labute approximate surface area is 178 Å². The summed E-state index contributed by atoms with van der Waals surface area (Å²) in [5, 5.41) is 10.3. The minimum absolute atomic E-state index is 0.00178. The van der Waals surface area contributed by atoms with E-state index in [1.165, 1.54) is 0 Å². The number of para-hydroxylation sites is 1. The molecule has 0 spiro atoms. The maximum atomic E-state index is 14.1. The van der Waals surface area contributed by atoms with E-state index in [9.17, 15) is 13.6 Å². The summed E-state index contributed by atoms with van der Waals surface area (Å²) < 4.78 is 29.8. The molecule has 3 aromatic rings. The molecule has 1 atom stereocenters. The lowest BCUT2D eigenvalue weighted by Crippen LogP contribution is -2.37. The molecular formula is C23H23F2N5O. The monoisotopic (exact) mass is 423 g/mol. The van der Waals surface area contributed by atoms with Crippen molar-refractivity contribution in [2.24, 2.45) is 7.05 Å². The molecule has 2 aromatic carbocycles. The van der Waals surface area contributed by atoms with Crippen LogP contribution in [-0.2, 0) is 18.3 Å². The fourth-order valence-corrected chi connectivity index (χ4v) is 4.43. The number of aryl methyl sites for hydroxylation is 2. The summed E-state index contributed by atoms with van der Waals surface area (Å²) in [7, 11) is 1.77. The van der Waals surface area contributed by atoms with E-state index in [1.54, 1.807) is 37.1 Å². The average molecular weight is 423 g/mol. The quantitative estimate of drug-likeness (QED) is 0.632. The summed E-state index contributed by atoms with van der Waals surface area (Å²) in [5.41, 5.74) is 5.42. The normalized spacial score (nSPS) is 17.8. The number of hydrogen-bond donors (Lipinski definition) is 2. The number of carbonyl (C=O) groups excluding carboxylic acids is 1. The molecule has 5 rings (SSSR count).